The van der Waals surface area contributed by atoms with Gasteiger partial charge in [0.15, 0.2) is 0 Å². The van der Waals surface area contributed by atoms with E-state index in [9.17, 15) is 9.59 Å². The van der Waals surface area contributed by atoms with E-state index in [0.29, 0.717) is 5.69 Å². The van der Waals surface area contributed by atoms with Gasteiger partial charge in [-0.05, 0) is 67.6 Å². The van der Waals surface area contributed by atoms with Crippen LogP contribution in [0.4, 0.5) is 0 Å². The number of nitrogens with zero attached hydrogens (tertiary/aromatic N) is 1. The number of rotatable bonds is 8. The second kappa shape index (κ2) is 10.8. The minimum Gasteiger partial charge on any atom is -0.497 e. The van der Waals surface area contributed by atoms with Crippen LogP contribution in [0.3, 0.4) is 0 Å². The number of hydrogen-bond donors (Lipinski definition) is 2. The number of carbonyl (C=O) groups excluding carboxylic acids is 2. The van der Waals surface area contributed by atoms with Crippen molar-refractivity contribution in [2.24, 2.45) is 0 Å². The van der Waals surface area contributed by atoms with Crippen LogP contribution in [0.2, 0.25) is 0 Å². The van der Waals surface area contributed by atoms with Gasteiger partial charge in [0.2, 0.25) is 5.91 Å². The van der Waals surface area contributed by atoms with Gasteiger partial charge in [0.25, 0.3) is 5.91 Å². The van der Waals surface area contributed by atoms with Crippen molar-refractivity contribution >= 4 is 23.2 Å². The molecular formula is C29H31N3O3S. The number of amides is 2. The van der Waals surface area contributed by atoms with Crippen molar-refractivity contribution in [1.29, 1.82) is 0 Å². The Balaban J connectivity index is 1.74. The molecule has 0 bridgehead atoms. The van der Waals surface area contributed by atoms with Crippen molar-refractivity contribution in [2.45, 2.75) is 38.9 Å². The van der Waals surface area contributed by atoms with E-state index in [2.05, 4.69) is 10.3 Å². The van der Waals surface area contributed by atoms with Gasteiger partial charge < -0.3 is 19.9 Å². The molecule has 0 radical (unpaired) electrons. The van der Waals surface area contributed by atoms with Crippen LogP contribution in [0.5, 0.6) is 5.75 Å². The van der Waals surface area contributed by atoms with Gasteiger partial charge in [0.1, 0.15) is 17.5 Å². The van der Waals surface area contributed by atoms with Crippen molar-refractivity contribution in [1.82, 2.24) is 15.2 Å². The summed E-state index contributed by atoms with van der Waals surface area (Å²) < 4.78 is 5.29. The lowest BCUT2D eigenvalue weighted by molar-refractivity contribution is -0.127. The molecule has 0 fully saturated rings. The Bertz CT molecular complexity index is 1290. The van der Waals surface area contributed by atoms with Crippen LogP contribution in [0.1, 0.15) is 47.7 Å². The summed E-state index contributed by atoms with van der Waals surface area (Å²) in [5.41, 5.74) is 2.69. The average Bonchev–Trinajstić information content (AvgIpc) is 3.56. The largest absolute Gasteiger partial charge is 0.497 e. The Morgan fingerprint density at radius 3 is 2.31 bits per heavy atom. The first-order chi connectivity index (χ1) is 17.2. The van der Waals surface area contributed by atoms with Crippen molar-refractivity contribution in [2.75, 3.05) is 7.11 Å². The third-order valence-corrected chi connectivity index (χ3v) is 6.57. The fraction of sp³-hybridized carbons (Fsp3) is 0.241. The van der Waals surface area contributed by atoms with Crippen molar-refractivity contribution in [3.8, 4) is 17.0 Å². The molecule has 0 spiro atoms. The normalized spacial score (nSPS) is 12.1. The van der Waals surface area contributed by atoms with E-state index in [1.807, 2.05) is 98.9 Å². The van der Waals surface area contributed by atoms with E-state index in [-0.39, 0.29) is 18.4 Å². The SMILES string of the molecule is COc1ccc(CN(C(=O)c2ccc(-c3ccccc3)[nH]2)C(C(=O)NC(C)(C)C)c2cccs2)cc1. The number of H-pyrrole nitrogens is 1. The third-order valence-electron chi connectivity index (χ3n) is 5.64. The minimum atomic E-state index is -0.790. The van der Waals surface area contributed by atoms with Gasteiger partial charge in [-0.15, -0.1) is 11.3 Å². The second-order valence-electron chi connectivity index (χ2n) is 9.59. The first-order valence-corrected chi connectivity index (χ1v) is 12.7. The van der Waals surface area contributed by atoms with E-state index in [4.69, 9.17) is 4.74 Å². The van der Waals surface area contributed by atoms with E-state index in [1.54, 1.807) is 18.1 Å². The number of aromatic amines is 1. The van der Waals surface area contributed by atoms with Gasteiger partial charge in [-0.3, -0.25) is 9.59 Å². The maximum Gasteiger partial charge on any atom is 0.271 e. The maximum atomic E-state index is 14.0. The standard InChI is InChI=1S/C29H31N3O3S/c1-29(2,3)31-27(33)26(25-11-8-18-36-25)32(19-20-12-14-22(35-4)15-13-20)28(34)24-17-16-23(30-24)21-9-6-5-7-10-21/h5-18,26,30H,19H2,1-4H3,(H,31,33). The molecule has 0 aliphatic rings. The number of aromatic nitrogens is 1. The summed E-state index contributed by atoms with van der Waals surface area (Å²) in [5.74, 6) is 0.255. The summed E-state index contributed by atoms with van der Waals surface area (Å²) in [6, 6.07) is 24.1. The van der Waals surface area contributed by atoms with E-state index in [1.165, 1.54) is 11.3 Å². The molecule has 7 heteroatoms. The molecule has 0 saturated heterocycles. The van der Waals surface area contributed by atoms with Gasteiger partial charge in [-0.25, -0.2) is 0 Å². The third kappa shape index (κ3) is 6.04. The second-order valence-corrected chi connectivity index (χ2v) is 10.6. The van der Waals surface area contributed by atoms with Gasteiger partial charge in [0.05, 0.1) is 7.11 Å². The molecule has 4 aromatic rings. The molecule has 0 aliphatic heterocycles. The number of benzene rings is 2. The predicted octanol–water partition coefficient (Wildman–Crippen LogP) is 6.05. The number of methoxy groups -OCH3 is 1. The summed E-state index contributed by atoms with van der Waals surface area (Å²) >= 11 is 1.46. The van der Waals surface area contributed by atoms with E-state index >= 15 is 0 Å². The molecule has 36 heavy (non-hydrogen) atoms. The molecule has 1 unspecified atom stereocenters. The fourth-order valence-electron chi connectivity index (χ4n) is 3.98. The molecule has 1 atom stereocenters. The first-order valence-electron chi connectivity index (χ1n) is 11.8. The van der Waals surface area contributed by atoms with E-state index < -0.39 is 11.6 Å². The zero-order valence-electron chi connectivity index (χ0n) is 20.9. The quantitative estimate of drug-likeness (QED) is 0.309. The summed E-state index contributed by atoms with van der Waals surface area (Å²) in [7, 11) is 1.62. The topological polar surface area (TPSA) is 74.4 Å². The first kappa shape index (κ1) is 25.3. The monoisotopic (exact) mass is 501 g/mol. The molecular weight excluding hydrogens is 470 g/mol. The predicted molar refractivity (Wildman–Crippen MR) is 144 cm³/mol. The lowest BCUT2D eigenvalue weighted by Crippen LogP contribution is -2.49. The zero-order chi connectivity index (χ0) is 25.7. The molecule has 6 nitrogen and oxygen atoms in total. The van der Waals surface area contributed by atoms with Gasteiger partial charge in [0, 0.05) is 22.7 Å². The number of thiophene rings is 1. The highest BCUT2D eigenvalue weighted by atomic mass is 32.1. The smallest absolute Gasteiger partial charge is 0.271 e. The number of ether oxygens (including phenoxy) is 1. The molecule has 186 valence electrons. The highest BCUT2D eigenvalue weighted by Crippen LogP contribution is 2.30. The molecule has 2 heterocycles. The van der Waals surface area contributed by atoms with Crippen LogP contribution in [0.15, 0.2) is 84.2 Å². The molecule has 2 aromatic carbocycles. The highest BCUT2D eigenvalue weighted by molar-refractivity contribution is 7.10. The average molecular weight is 502 g/mol. The Hall–Kier alpha value is -3.84. The Kier molecular flexibility index (Phi) is 7.60. The Labute approximate surface area is 215 Å². The van der Waals surface area contributed by atoms with Crippen LogP contribution in [0, 0.1) is 0 Å². The van der Waals surface area contributed by atoms with Gasteiger partial charge >= 0.3 is 0 Å². The van der Waals surface area contributed by atoms with Crippen LogP contribution < -0.4 is 10.1 Å². The van der Waals surface area contributed by atoms with Crippen LogP contribution in [0.25, 0.3) is 11.3 Å². The van der Waals surface area contributed by atoms with E-state index in [0.717, 1.165) is 27.4 Å². The van der Waals surface area contributed by atoms with Gasteiger partial charge in [-0.2, -0.15) is 0 Å². The molecule has 0 aliphatic carbocycles. The molecule has 2 aromatic heterocycles. The van der Waals surface area contributed by atoms with Crippen LogP contribution >= 0.6 is 11.3 Å². The molecule has 2 N–H and O–H groups in total. The van der Waals surface area contributed by atoms with Gasteiger partial charge in [-0.1, -0.05) is 48.5 Å². The molecule has 0 saturated carbocycles. The Morgan fingerprint density at radius 1 is 0.972 bits per heavy atom. The molecule has 2 amide bonds. The number of hydrogen-bond acceptors (Lipinski definition) is 4. The highest BCUT2D eigenvalue weighted by Gasteiger charge is 2.35. The van der Waals surface area contributed by atoms with Crippen molar-refractivity contribution in [3.63, 3.8) is 0 Å². The summed E-state index contributed by atoms with van der Waals surface area (Å²) in [5, 5.41) is 4.99. The summed E-state index contributed by atoms with van der Waals surface area (Å²) in [4.78, 5) is 33.3. The summed E-state index contributed by atoms with van der Waals surface area (Å²) in [6.45, 7) is 6.05. The number of nitrogens with one attached hydrogen (secondary N) is 2. The lowest BCUT2D eigenvalue weighted by Gasteiger charge is -2.33. The summed E-state index contributed by atoms with van der Waals surface area (Å²) in [6.07, 6.45) is 0. The minimum absolute atomic E-state index is 0.221. The molecule has 4 rings (SSSR count). The van der Waals surface area contributed by atoms with Crippen molar-refractivity contribution < 1.29 is 14.3 Å². The zero-order valence-corrected chi connectivity index (χ0v) is 21.8. The van der Waals surface area contributed by atoms with Crippen molar-refractivity contribution in [3.05, 3.63) is 100 Å². The number of carbonyl (C=O) groups is 2. The van der Waals surface area contributed by atoms with Crippen LogP contribution in [-0.2, 0) is 11.3 Å². The van der Waals surface area contributed by atoms with Crippen LogP contribution in [-0.4, -0.2) is 34.3 Å². The fourth-order valence-corrected chi connectivity index (χ4v) is 4.81. The maximum absolute atomic E-state index is 14.0. The Morgan fingerprint density at radius 2 is 1.69 bits per heavy atom. The lowest BCUT2D eigenvalue weighted by atomic mass is 10.1.